The highest BCUT2D eigenvalue weighted by atomic mass is 16.5. The molecule has 0 fully saturated rings. The molecular weight excluding hydrogens is 240 g/mol. The van der Waals surface area contributed by atoms with Gasteiger partial charge in [-0.25, -0.2) is 4.79 Å². The van der Waals surface area contributed by atoms with Crippen molar-refractivity contribution in [3.8, 4) is 11.5 Å². The zero-order chi connectivity index (χ0) is 13.7. The van der Waals surface area contributed by atoms with Crippen LogP contribution in [0.1, 0.15) is 29.3 Å². The van der Waals surface area contributed by atoms with Crippen molar-refractivity contribution in [1.82, 2.24) is 0 Å². The summed E-state index contributed by atoms with van der Waals surface area (Å²) in [6.07, 6.45) is 2.11. The normalized spacial score (nSPS) is 10.2. The second-order valence-corrected chi connectivity index (χ2v) is 4.33. The lowest BCUT2D eigenvalue weighted by molar-refractivity contribution is 0.0734. The average Bonchev–Trinajstić information content (AvgIpc) is 2.42. The molecule has 0 heterocycles. The zero-order valence-electron chi connectivity index (χ0n) is 10.8. The number of carbonyl (C=O) groups is 1. The molecule has 0 unspecified atom stereocenters. The van der Waals surface area contributed by atoms with Crippen LogP contribution >= 0.6 is 0 Å². The second kappa shape index (κ2) is 6.05. The van der Waals surface area contributed by atoms with Crippen LogP contribution in [0.2, 0.25) is 0 Å². The number of hydrogen-bond acceptors (Lipinski definition) is 3. The van der Waals surface area contributed by atoms with Gasteiger partial charge in [0.25, 0.3) is 0 Å². The first-order valence-electron chi connectivity index (χ1n) is 6.29. The molecule has 2 aromatic rings. The summed E-state index contributed by atoms with van der Waals surface area (Å²) in [6, 6.07) is 13.5. The van der Waals surface area contributed by atoms with E-state index in [0.29, 0.717) is 11.3 Å². The summed E-state index contributed by atoms with van der Waals surface area (Å²) in [5, 5.41) is 9.16. The van der Waals surface area contributed by atoms with Gasteiger partial charge in [-0.3, -0.25) is 0 Å². The summed E-state index contributed by atoms with van der Waals surface area (Å²) in [4.78, 5) is 11.8. The van der Waals surface area contributed by atoms with Gasteiger partial charge in [0.15, 0.2) is 0 Å². The topological polar surface area (TPSA) is 46.5 Å². The van der Waals surface area contributed by atoms with Gasteiger partial charge in [-0.05, 0) is 48.4 Å². The van der Waals surface area contributed by atoms with Crippen molar-refractivity contribution < 1.29 is 14.6 Å². The minimum Gasteiger partial charge on any atom is -0.508 e. The molecule has 0 radical (unpaired) electrons. The van der Waals surface area contributed by atoms with Crippen LogP contribution in [0, 0.1) is 0 Å². The third kappa shape index (κ3) is 3.58. The van der Waals surface area contributed by atoms with Crippen molar-refractivity contribution in [3.05, 3.63) is 59.7 Å². The van der Waals surface area contributed by atoms with Crippen LogP contribution in [-0.4, -0.2) is 11.1 Å². The van der Waals surface area contributed by atoms with Crippen LogP contribution < -0.4 is 4.74 Å². The molecule has 0 spiro atoms. The minimum absolute atomic E-state index is 0.125. The Morgan fingerprint density at radius 1 is 1.05 bits per heavy atom. The summed E-state index contributed by atoms with van der Waals surface area (Å²) in [7, 11) is 0. The Morgan fingerprint density at radius 2 is 1.68 bits per heavy atom. The fourth-order valence-electron chi connectivity index (χ4n) is 1.78. The number of carbonyl (C=O) groups excluding carboxylic acids is 1. The summed E-state index contributed by atoms with van der Waals surface area (Å²) >= 11 is 0. The van der Waals surface area contributed by atoms with Gasteiger partial charge < -0.3 is 9.84 Å². The Bertz CT molecular complexity index is 541. The SMILES string of the molecule is CCCc1ccc(OC(=O)c2ccc(O)cc2)cc1. The lowest BCUT2D eigenvalue weighted by atomic mass is 10.1. The lowest BCUT2D eigenvalue weighted by Gasteiger charge is -2.05. The summed E-state index contributed by atoms with van der Waals surface area (Å²) < 4.78 is 5.25. The molecule has 3 heteroatoms. The molecule has 2 rings (SSSR count). The molecule has 0 atom stereocenters. The molecule has 0 saturated heterocycles. The minimum atomic E-state index is -0.428. The van der Waals surface area contributed by atoms with Crippen molar-refractivity contribution in [3.63, 3.8) is 0 Å². The van der Waals surface area contributed by atoms with Gasteiger partial charge in [-0.2, -0.15) is 0 Å². The number of phenolic OH excluding ortho intramolecular Hbond substituents is 1. The number of phenols is 1. The Kier molecular flexibility index (Phi) is 4.18. The fourth-order valence-corrected chi connectivity index (χ4v) is 1.78. The van der Waals surface area contributed by atoms with Gasteiger partial charge in [0.2, 0.25) is 0 Å². The van der Waals surface area contributed by atoms with Gasteiger partial charge in [-0.1, -0.05) is 25.5 Å². The van der Waals surface area contributed by atoms with Crippen molar-refractivity contribution >= 4 is 5.97 Å². The molecule has 0 aliphatic heterocycles. The Hall–Kier alpha value is -2.29. The van der Waals surface area contributed by atoms with Crippen LogP contribution in [0.15, 0.2) is 48.5 Å². The number of esters is 1. The number of rotatable bonds is 4. The van der Waals surface area contributed by atoms with Crippen LogP contribution in [0.3, 0.4) is 0 Å². The first kappa shape index (κ1) is 13.1. The number of aromatic hydroxyl groups is 1. The third-order valence-electron chi connectivity index (χ3n) is 2.78. The van der Waals surface area contributed by atoms with Crippen molar-refractivity contribution in [2.75, 3.05) is 0 Å². The van der Waals surface area contributed by atoms with Gasteiger partial charge in [-0.15, -0.1) is 0 Å². The zero-order valence-corrected chi connectivity index (χ0v) is 10.8. The Morgan fingerprint density at radius 3 is 2.26 bits per heavy atom. The summed E-state index contributed by atoms with van der Waals surface area (Å²) in [6.45, 7) is 2.12. The maximum absolute atomic E-state index is 11.8. The average molecular weight is 256 g/mol. The van der Waals surface area contributed by atoms with E-state index in [9.17, 15) is 4.79 Å². The standard InChI is InChI=1S/C16H16O3/c1-2-3-12-4-10-15(11-5-12)19-16(18)13-6-8-14(17)9-7-13/h4-11,17H,2-3H2,1H3. The highest BCUT2D eigenvalue weighted by Gasteiger charge is 2.08. The monoisotopic (exact) mass is 256 g/mol. The van der Waals surface area contributed by atoms with Crippen molar-refractivity contribution in [1.29, 1.82) is 0 Å². The first-order chi connectivity index (χ1) is 9.19. The van der Waals surface area contributed by atoms with E-state index in [-0.39, 0.29) is 5.75 Å². The molecule has 19 heavy (non-hydrogen) atoms. The maximum atomic E-state index is 11.8. The van der Waals surface area contributed by atoms with Gasteiger partial charge >= 0.3 is 5.97 Å². The van der Waals surface area contributed by atoms with Crippen LogP contribution in [0.4, 0.5) is 0 Å². The molecule has 0 saturated carbocycles. The van der Waals surface area contributed by atoms with Crippen LogP contribution in [0.25, 0.3) is 0 Å². The van der Waals surface area contributed by atoms with E-state index in [0.717, 1.165) is 12.8 Å². The predicted octanol–water partition coefficient (Wildman–Crippen LogP) is 3.56. The van der Waals surface area contributed by atoms with Crippen molar-refractivity contribution in [2.45, 2.75) is 19.8 Å². The number of ether oxygens (including phenoxy) is 1. The molecule has 0 bridgehead atoms. The van der Waals surface area contributed by atoms with Crippen LogP contribution in [-0.2, 0) is 6.42 Å². The quantitative estimate of drug-likeness (QED) is 0.672. The first-order valence-corrected chi connectivity index (χ1v) is 6.29. The highest BCUT2D eigenvalue weighted by Crippen LogP contribution is 2.16. The predicted molar refractivity (Wildman–Crippen MR) is 73.5 cm³/mol. The third-order valence-corrected chi connectivity index (χ3v) is 2.78. The van der Waals surface area contributed by atoms with E-state index in [2.05, 4.69) is 6.92 Å². The van der Waals surface area contributed by atoms with E-state index in [4.69, 9.17) is 9.84 Å². The molecule has 3 nitrogen and oxygen atoms in total. The molecule has 0 amide bonds. The molecular formula is C16H16O3. The molecule has 0 aromatic heterocycles. The smallest absolute Gasteiger partial charge is 0.343 e. The number of benzene rings is 2. The van der Waals surface area contributed by atoms with E-state index in [1.165, 1.54) is 29.8 Å². The maximum Gasteiger partial charge on any atom is 0.343 e. The van der Waals surface area contributed by atoms with E-state index in [1.807, 2.05) is 12.1 Å². The highest BCUT2D eigenvalue weighted by molar-refractivity contribution is 5.91. The van der Waals surface area contributed by atoms with Gasteiger partial charge in [0.05, 0.1) is 5.56 Å². The molecule has 0 aliphatic rings. The van der Waals surface area contributed by atoms with E-state index >= 15 is 0 Å². The van der Waals surface area contributed by atoms with E-state index < -0.39 is 5.97 Å². The van der Waals surface area contributed by atoms with Crippen molar-refractivity contribution in [2.24, 2.45) is 0 Å². The van der Waals surface area contributed by atoms with E-state index in [1.54, 1.807) is 12.1 Å². The molecule has 98 valence electrons. The Balaban J connectivity index is 2.04. The second-order valence-electron chi connectivity index (χ2n) is 4.33. The Labute approximate surface area is 112 Å². The molecule has 1 N–H and O–H groups in total. The summed E-state index contributed by atoms with van der Waals surface area (Å²) in [5.74, 6) is 0.224. The fraction of sp³-hybridized carbons (Fsp3) is 0.188. The largest absolute Gasteiger partial charge is 0.508 e. The summed E-state index contributed by atoms with van der Waals surface area (Å²) in [5.41, 5.74) is 1.64. The number of hydrogen-bond donors (Lipinski definition) is 1. The van der Waals surface area contributed by atoms with Crippen LogP contribution in [0.5, 0.6) is 11.5 Å². The van der Waals surface area contributed by atoms with Gasteiger partial charge in [0, 0.05) is 0 Å². The lowest BCUT2D eigenvalue weighted by Crippen LogP contribution is -2.08. The number of aryl methyl sites for hydroxylation is 1. The molecule has 2 aromatic carbocycles. The molecule has 0 aliphatic carbocycles. The van der Waals surface area contributed by atoms with Gasteiger partial charge in [0.1, 0.15) is 11.5 Å².